The number of hydrogen-bond acceptors (Lipinski definition) is 4. The molecule has 1 saturated heterocycles. The smallest absolute Gasteiger partial charge is 0.332 e. The van der Waals surface area contributed by atoms with Gasteiger partial charge in [-0.15, -0.1) is 0 Å². The van der Waals surface area contributed by atoms with Gasteiger partial charge >= 0.3 is 5.97 Å². The van der Waals surface area contributed by atoms with Gasteiger partial charge in [-0.3, -0.25) is 0 Å². The molecular weight excluding hydrogens is 182 g/mol. The van der Waals surface area contributed by atoms with Crippen molar-refractivity contribution in [1.82, 2.24) is 5.32 Å². The van der Waals surface area contributed by atoms with Crippen molar-refractivity contribution in [2.24, 2.45) is 5.92 Å². The molecule has 1 aliphatic rings. The Morgan fingerprint density at radius 1 is 1.57 bits per heavy atom. The van der Waals surface area contributed by atoms with E-state index in [1.54, 1.807) is 0 Å². The van der Waals surface area contributed by atoms with Crippen LogP contribution < -0.4 is 5.32 Å². The summed E-state index contributed by atoms with van der Waals surface area (Å²) in [6, 6.07) is 0. The van der Waals surface area contributed by atoms with Crippen LogP contribution in [-0.4, -0.2) is 39.4 Å². The lowest BCUT2D eigenvalue weighted by Crippen LogP contribution is -2.30. The predicted octanol–water partition coefficient (Wildman–Crippen LogP) is 0.566. The lowest BCUT2D eigenvalue weighted by atomic mass is 9.97. The molecule has 0 amide bonds. The van der Waals surface area contributed by atoms with Crippen LogP contribution in [0.3, 0.4) is 0 Å². The molecule has 0 bridgehead atoms. The lowest BCUT2D eigenvalue weighted by Gasteiger charge is -2.22. The Morgan fingerprint density at radius 2 is 2.43 bits per heavy atom. The van der Waals surface area contributed by atoms with Crippen LogP contribution in [0.4, 0.5) is 0 Å². The number of piperidine rings is 1. The van der Waals surface area contributed by atoms with Crippen LogP contribution in [0.5, 0.6) is 0 Å². The first kappa shape index (κ1) is 11.5. The van der Waals surface area contributed by atoms with E-state index in [0.717, 1.165) is 19.5 Å². The van der Waals surface area contributed by atoms with Crippen molar-refractivity contribution < 1.29 is 14.3 Å². The van der Waals surface area contributed by atoms with Crippen molar-refractivity contribution in [3.05, 3.63) is 0 Å². The molecule has 0 spiro atoms. The van der Waals surface area contributed by atoms with Gasteiger partial charge in [-0.1, -0.05) is 0 Å². The van der Waals surface area contributed by atoms with Gasteiger partial charge in [0.05, 0.1) is 6.61 Å². The third kappa shape index (κ3) is 4.58. The van der Waals surface area contributed by atoms with E-state index in [9.17, 15) is 4.79 Å². The molecule has 4 nitrogen and oxygen atoms in total. The summed E-state index contributed by atoms with van der Waals surface area (Å²) in [4.78, 5) is 10.9. The zero-order valence-corrected chi connectivity index (χ0v) is 8.75. The largest absolute Gasteiger partial charge is 0.464 e. The van der Waals surface area contributed by atoms with Gasteiger partial charge in [0.1, 0.15) is 6.61 Å². The van der Waals surface area contributed by atoms with Gasteiger partial charge < -0.3 is 14.8 Å². The monoisotopic (exact) mass is 201 g/mol. The number of carbonyl (C=O) groups is 1. The number of hydrogen-bond donors (Lipinski definition) is 1. The summed E-state index contributed by atoms with van der Waals surface area (Å²) in [7, 11) is 1.49. The third-order valence-corrected chi connectivity index (χ3v) is 2.45. The molecule has 1 fully saturated rings. The van der Waals surface area contributed by atoms with Crippen molar-refractivity contribution in [3.63, 3.8) is 0 Å². The Labute approximate surface area is 85.0 Å². The zero-order chi connectivity index (χ0) is 10.2. The first-order valence-corrected chi connectivity index (χ1v) is 5.18. The number of ether oxygens (including phenoxy) is 2. The van der Waals surface area contributed by atoms with Crippen LogP contribution >= 0.6 is 0 Å². The number of nitrogens with one attached hydrogen (secondary N) is 1. The van der Waals surface area contributed by atoms with E-state index >= 15 is 0 Å². The Hall–Kier alpha value is -0.610. The molecule has 0 radical (unpaired) electrons. The Morgan fingerprint density at radius 3 is 3.07 bits per heavy atom. The molecule has 0 aromatic rings. The van der Waals surface area contributed by atoms with Crippen molar-refractivity contribution >= 4 is 5.97 Å². The maximum Gasteiger partial charge on any atom is 0.332 e. The van der Waals surface area contributed by atoms with Gasteiger partial charge in [-0.25, -0.2) is 4.79 Å². The van der Waals surface area contributed by atoms with Gasteiger partial charge in [0.15, 0.2) is 0 Å². The van der Waals surface area contributed by atoms with Crippen LogP contribution in [0.1, 0.15) is 19.3 Å². The van der Waals surface area contributed by atoms with Gasteiger partial charge in [0, 0.05) is 7.11 Å². The van der Waals surface area contributed by atoms with Gasteiger partial charge in [-0.2, -0.15) is 0 Å². The minimum absolute atomic E-state index is 0.0584. The van der Waals surface area contributed by atoms with E-state index in [-0.39, 0.29) is 12.6 Å². The second-order valence-corrected chi connectivity index (χ2v) is 3.65. The molecule has 1 N–H and O–H groups in total. The third-order valence-electron chi connectivity index (χ3n) is 2.45. The van der Waals surface area contributed by atoms with E-state index in [4.69, 9.17) is 4.74 Å². The predicted molar refractivity (Wildman–Crippen MR) is 53.0 cm³/mol. The summed E-state index contributed by atoms with van der Waals surface area (Å²) in [5.74, 6) is 0.398. The Kier molecular flexibility index (Phi) is 5.56. The average molecular weight is 201 g/mol. The molecule has 14 heavy (non-hydrogen) atoms. The quantitative estimate of drug-likeness (QED) is 0.660. The molecule has 0 saturated carbocycles. The summed E-state index contributed by atoms with van der Waals surface area (Å²) in [5.41, 5.74) is 0. The van der Waals surface area contributed by atoms with Gasteiger partial charge in [0.25, 0.3) is 0 Å². The molecule has 1 atom stereocenters. The molecule has 0 aromatic heterocycles. The number of methoxy groups -OCH3 is 1. The highest BCUT2D eigenvalue weighted by Gasteiger charge is 2.13. The van der Waals surface area contributed by atoms with Gasteiger partial charge in [0.2, 0.25) is 0 Å². The molecule has 0 aliphatic carbocycles. The summed E-state index contributed by atoms with van der Waals surface area (Å²) < 4.78 is 9.65. The van der Waals surface area contributed by atoms with E-state index in [2.05, 4.69) is 10.1 Å². The summed E-state index contributed by atoms with van der Waals surface area (Å²) in [5, 5.41) is 3.33. The fourth-order valence-electron chi connectivity index (χ4n) is 1.67. The maximum atomic E-state index is 10.9. The van der Waals surface area contributed by atoms with Crippen molar-refractivity contribution in [1.29, 1.82) is 0 Å². The van der Waals surface area contributed by atoms with Crippen molar-refractivity contribution in [3.8, 4) is 0 Å². The Balaban J connectivity index is 1.99. The summed E-state index contributed by atoms with van der Waals surface area (Å²) in [6.45, 7) is 2.76. The van der Waals surface area contributed by atoms with Crippen LogP contribution in [0, 0.1) is 5.92 Å². The number of esters is 1. The fraction of sp³-hybridized carbons (Fsp3) is 0.900. The molecule has 1 heterocycles. The van der Waals surface area contributed by atoms with Crippen LogP contribution in [-0.2, 0) is 14.3 Å². The lowest BCUT2D eigenvalue weighted by molar-refractivity contribution is -0.148. The highest BCUT2D eigenvalue weighted by molar-refractivity contribution is 5.70. The minimum Gasteiger partial charge on any atom is -0.464 e. The SMILES string of the molecule is COCC(=O)OCC[C@@H]1CCCNC1. The van der Waals surface area contributed by atoms with Crippen LogP contribution in [0.2, 0.25) is 0 Å². The molecule has 0 aromatic carbocycles. The fourth-order valence-corrected chi connectivity index (χ4v) is 1.67. The normalized spacial score (nSPS) is 21.9. The molecule has 1 aliphatic heterocycles. The minimum atomic E-state index is -0.267. The topological polar surface area (TPSA) is 47.6 Å². The maximum absolute atomic E-state index is 10.9. The molecular formula is C10H19NO3. The first-order chi connectivity index (χ1) is 6.83. The highest BCUT2D eigenvalue weighted by Crippen LogP contribution is 2.13. The molecule has 1 rings (SSSR count). The number of carbonyl (C=O) groups excluding carboxylic acids is 1. The van der Waals surface area contributed by atoms with Crippen LogP contribution in [0.15, 0.2) is 0 Å². The van der Waals surface area contributed by atoms with E-state index in [1.165, 1.54) is 20.0 Å². The average Bonchev–Trinajstić information content (AvgIpc) is 2.20. The highest BCUT2D eigenvalue weighted by atomic mass is 16.6. The second-order valence-electron chi connectivity index (χ2n) is 3.65. The number of rotatable bonds is 5. The standard InChI is InChI=1S/C10H19NO3/c1-13-8-10(12)14-6-4-9-3-2-5-11-7-9/h9,11H,2-8H2,1H3/t9-/m0/s1. The van der Waals surface area contributed by atoms with Gasteiger partial charge in [-0.05, 0) is 38.3 Å². The molecule has 82 valence electrons. The second kappa shape index (κ2) is 6.79. The van der Waals surface area contributed by atoms with E-state index < -0.39 is 0 Å². The van der Waals surface area contributed by atoms with E-state index in [0.29, 0.717) is 12.5 Å². The summed E-state index contributed by atoms with van der Waals surface area (Å²) >= 11 is 0. The van der Waals surface area contributed by atoms with E-state index in [1.807, 2.05) is 0 Å². The zero-order valence-electron chi connectivity index (χ0n) is 8.75. The first-order valence-electron chi connectivity index (χ1n) is 5.18. The molecule has 4 heteroatoms. The van der Waals surface area contributed by atoms with Crippen LogP contribution in [0.25, 0.3) is 0 Å². The van der Waals surface area contributed by atoms with Crippen molar-refractivity contribution in [2.75, 3.05) is 33.4 Å². The molecule has 0 unspecified atom stereocenters. The summed E-state index contributed by atoms with van der Waals surface area (Å²) in [6.07, 6.45) is 3.44. The Bertz CT molecular complexity index is 167. The van der Waals surface area contributed by atoms with Crippen molar-refractivity contribution in [2.45, 2.75) is 19.3 Å².